The summed E-state index contributed by atoms with van der Waals surface area (Å²) < 4.78 is 0. The van der Waals surface area contributed by atoms with Gasteiger partial charge in [0.15, 0.2) is 0 Å². The first kappa shape index (κ1) is 14.8. The van der Waals surface area contributed by atoms with Crippen LogP contribution in [0.3, 0.4) is 0 Å². The van der Waals surface area contributed by atoms with Crippen LogP contribution in [-0.2, 0) is 6.54 Å². The molecule has 0 aliphatic carbocycles. The van der Waals surface area contributed by atoms with Gasteiger partial charge in [0.1, 0.15) is 0 Å². The number of hydrogen-bond acceptors (Lipinski definition) is 2. The van der Waals surface area contributed by atoms with Gasteiger partial charge in [0.25, 0.3) is 0 Å². The Morgan fingerprint density at radius 2 is 1.48 bits per heavy atom. The molecule has 0 bridgehead atoms. The molecule has 0 unspecified atom stereocenters. The summed E-state index contributed by atoms with van der Waals surface area (Å²) in [6, 6.07) is 22.8. The summed E-state index contributed by atoms with van der Waals surface area (Å²) in [6.07, 6.45) is 0. The van der Waals surface area contributed by atoms with Crippen molar-refractivity contribution in [3.63, 3.8) is 0 Å². The van der Waals surface area contributed by atoms with Gasteiger partial charge in [-0.3, -0.25) is 0 Å². The number of aromatic carboxylic acids is 1. The van der Waals surface area contributed by atoms with Gasteiger partial charge in [0, 0.05) is 5.56 Å². The first-order valence-corrected chi connectivity index (χ1v) is 6.74. The van der Waals surface area contributed by atoms with Crippen LogP contribution in [0.4, 0.5) is 0 Å². The third kappa shape index (κ3) is 4.16. The molecule has 0 aromatic heterocycles. The SMILES string of the molecule is O=C([O-])c1ccc2ccccc2c1.[NH3+]Cc1ccccc1. The van der Waals surface area contributed by atoms with Crippen LogP contribution in [0.1, 0.15) is 15.9 Å². The van der Waals surface area contributed by atoms with Gasteiger partial charge in [-0.1, -0.05) is 66.7 Å². The maximum absolute atomic E-state index is 10.5. The van der Waals surface area contributed by atoms with Gasteiger partial charge in [0.2, 0.25) is 0 Å². The second kappa shape index (κ2) is 7.22. The normalized spacial score (nSPS) is 9.76. The smallest absolute Gasteiger partial charge is 0.0997 e. The second-order valence-corrected chi connectivity index (χ2v) is 4.58. The number of quaternary nitrogens is 1. The molecule has 0 heterocycles. The Morgan fingerprint density at radius 1 is 0.857 bits per heavy atom. The quantitative estimate of drug-likeness (QED) is 0.774. The largest absolute Gasteiger partial charge is 0.545 e. The van der Waals surface area contributed by atoms with Crippen LogP contribution < -0.4 is 10.8 Å². The van der Waals surface area contributed by atoms with E-state index >= 15 is 0 Å². The van der Waals surface area contributed by atoms with E-state index in [0.717, 1.165) is 17.3 Å². The van der Waals surface area contributed by atoms with Crippen LogP contribution >= 0.6 is 0 Å². The van der Waals surface area contributed by atoms with E-state index < -0.39 is 5.97 Å². The summed E-state index contributed by atoms with van der Waals surface area (Å²) in [5.74, 6) is -1.13. The predicted molar refractivity (Wildman–Crippen MR) is 81.3 cm³/mol. The molecule has 0 saturated heterocycles. The van der Waals surface area contributed by atoms with E-state index in [1.165, 1.54) is 5.56 Å². The van der Waals surface area contributed by atoms with E-state index in [2.05, 4.69) is 17.9 Å². The van der Waals surface area contributed by atoms with Crippen molar-refractivity contribution >= 4 is 16.7 Å². The fourth-order valence-corrected chi connectivity index (χ4v) is 1.96. The Labute approximate surface area is 123 Å². The van der Waals surface area contributed by atoms with Crippen LogP contribution in [0.15, 0.2) is 72.8 Å². The molecule has 3 aromatic carbocycles. The Morgan fingerprint density at radius 3 is 2.05 bits per heavy atom. The Kier molecular flexibility index (Phi) is 5.07. The minimum atomic E-state index is -1.13. The average Bonchev–Trinajstić information content (AvgIpc) is 2.55. The highest BCUT2D eigenvalue weighted by atomic mass is 16.4. The summed E-state index contributed by atoms with van der Waals surface area (Å²) in [5.41, 5.74) is 5.28. The highest BCUT2D eigenvalue weighted by Gasteiger charge is 1.95. The number of carbonyl (C=O) groups excluding carboxylic acids is 1. The maximum atomic E-state index is 10.5. The van der Waals surface area contributed by atoms with Gasteiger partial charge >= 0.3 is 0 Å². The number of fused-ring (bicyclic) bond motifs is 1. The van der Waals surface area contributed by atoms with E-state index in [1.54, 1.807) is 18.2 Å². The number of hydrogen-bond donors (Lipinski definition) is 1. The molecular formula is C18H17NO2. The minimum absolute atomic E-state index is 0.221. The summed E-state index contributed by atoms with van der Waals surface area (Å²) in [4.78, 5) is 10.5. The summed E-state index contributed by atoms with van der Waals surface area (Å²) >= 11 is 0. The van der Waals surface area contributed by atoms with Crippen molar-refractivity contribution in [3.05, 3.63) is 83.9 Å². The topological polar surface area (TPSA) is 67.8 Å². The van der Waals surface area contributed by atoms with Crippen LogP contribution in [0.5, 0.6) is 0 Å². The third-order valence-electron chi connectivity index (χ3n) is 3.12. The summed E-state index contributed by atoms with van der Waals surface area (Å²) in [6.45, 7) is 0.890. The second-order valence-electron chi connectivity index (χ2n) is 4.58. The number of carboxylic acids is 1. The zero-order valence-electron chi connectivity index (χ0n) is 11.7. The number of rotatable bonds is 2. The van der Waals surface area contributed by atoms with Crippen molar-refractivity contribution in [1.82, 2.24) is 0 Å². The molecule has 0 aliphatic heterocycles. The molecule has 3 nitrogen and oxygen atoms in total. The van der Waals surface area contributed by atoms with Gasteiger partial charge in [-0.25, -0.2) is 0 Å². The molecule has 3 aromatic rings. The minimum Gasteiger partial charge on any atom is -0.545 e. The molecule has 0 aliphatic rings. The Bertz CT molecular complexity index is 723. The number of carbonyl (C=O) groups is 1. The van der Waals surface area contributed by atoms with E-state index in [1.807, 2.05) is 42.5 Å². The Balaban J connectivity index is 0.000000173. The van der Waals surface area contributed by atoms with Gasteiger partial charge in [-0.2, -0.15) is 0 Å². The number of benzene rings is 3. The monoisotopic (exact) mass is 279 g/mol. The van der Waals surface area contributed by atoms with Gasteiger partial charge in [-0.15, -0.1) is 0 Å². The molecule has 3 N–H and O–H groups in total. The lowest BCUT2D eigenvalue weighted by Crippen LogP contribution is -2.47. The zero-order valence-corrected chi connectivity index (χ0v) is 11.7. The maximum Gasteiger partial charge on any atom is 0.0997 e. The van der Waals surface area contributed by atoms with E-state index in [4.69, 9.17) is 0 Å². The van der Waals surface area contributed by atoms with Crippen molar-refractivity contribution < 1.29 is 15.6 Å². The standard InChI is InChI=1S/C11H8O2.C7H9N/c12-11(13)10-6-5-8-3-1-2-4-9(8)7-10;8-6-7-4-2-1-3-5-7/h1-7H,(H,12,13);1-5H,6,8H2. The number of carboxylic acid groups (broad SMARTS) is 1. The lowest BCUT2D eigenvalue weighted by Gasteiger charge is -2.03. The summed E-state index contributed by atoms with van der Waals surface area (Å²) in [7, 11) is 0. The third-order valence-corrected chi connectivity index (χ3v) is 3.12. The zero-order chi connectivity index (χ0) is 15.1. The van der Waals surface area contributed by atoms with E-state index in [9.17, 15) is 9.90 Å². The van der Waals surface area contributed by atoms with E-state index in [0.29, 0.717) is 0 Å². The van der Waals surface area contributed by atoms with Crippen LogP contribution in [0.25, 0.3) is 10.8 Å². The molecule has 0 radical (unpaired) electrons. The lowest BCUT2D eigenvalue weighted by molar-refractivity contribution is -0.386. The van der Waals surface area contributed by atoms with Crippen molar-refractivity contribution in [2.45, 2.75) is 6.54 Å². The van der Waals surface area contributed by atoms with Gasteiger partial charge in [-0.05, 0) is 22.4 Å². The van der Waals surface area contributed by atoms with Crippen molar-refractivity contribution in [2.24, 2.45) is 0 Å². The molecule has 106 valence electrons. The van der Waals surface area contributed by atoms with E-state index in [-0.39, 0.29) is 5.56 Å². The first-order chi connectivity index (χ1) is 10.2. The first-order valence-electron chi connectivity index (χ1n) is 6.74. The average molecular weight is 279 g/mol. The van der Waals surface area contributed by atoms with Crippen LogP contribution in [0, 0.1) is 0 Å². The predicted octanol–water partition coefficient (Wildman–Crippen LogP) is 1.63. The van der Waals surface area contributed by atoms with Crippen LogP contribution in [-0.4, -0.2) is 5.97 Å². The fraction of sp³-hybridized carbons (Fsp3) is 0.0556. The van der Waals surface area contributed by atoms with Crippen molar-refractivity contribution in [1.29, 1.82) is 0 Å². The fourth-order valence-electron chi connectivity index (χ4n) is 1.96. The van der Waals surface area contributed by atoms with Crippen molar-refractivity contribution in [2.75, 3.05) is 0 Å². The molecule has 0 saturated carbocycles. The van der Waals surface area contributed by atoms with Crippen LogP contribution in [0.2, 0.25) is 0 Å². The van der Waals surface area contributed by atoms with Gasteiger partial charge < -0.3 is 15.6 Å². The molecule has 3 heteroatoms. The molecular weight excluding hydrogens is 262 g/mol. The molecule has 21 heavy (non-hydrogen) atoms. The highest BCUT2D eigenvalue weighted by molar-refractivity contribution is 5.93. The Hall–Kier alpha value is -2.65. The van der Waals surface area contributed by atoms with Crippen molar-refractivity contribution in [3.8, 4) is 0 Å². The molecule has 0 amide bonds. The molecule has 0 spiro atoms. The molecule has 3 rings (SSSR count). The lowest BCUT2D eigenvalue weighted by atomic mass is 10.1. The highest BCUT2D eigenvalue weighted by Crippen LogP contribution is 2.14. The molecule has 0 atom stereocenters. The molecule has 0 fully saturated rings. The summed E-state index contributed by atoms with van der Waals surface area (Å²) in [5, 5.41) is 12.5. The van der Waals surface area contributed by atoms with Gasteiger partial charge in [0.05, 0.1) is 12.5 Å².